The maximum absolute atomic E-state index is 10.3. The molecule has 5 nitrogen and oxygen atoms in total. The Hall–Kier alpha value is -1.26. The third kappa shape index (κ3) is 1.10. The molecule has 1 heterocycles. The summed E-state index contributed by atoms with van der Waals surface area (Å²) in [4.78, 5) is 13.9. The van der Waals surface area contributed by atoms with Crippen LogP contribution in [-0.4, -0.2) is 24.6 Å². The van der Waals surface area contributed by atoms with Crippen LogP contribution < -0.4 is 11.5 Å². The Balaban J connectivity index is 2.57. The molecule has 0 saturated carbocycles. The van der Waals surface area contributed by atoms with E-state index in [2.05, 4.69) is 9.73 Å². The van der Waals surface area contributed by atoms with E-state index in [1.165, 1.54) is 0 Å². The normalized spacial score (nSPS) is 24.9. The number of nitrogens with zero attached hydrogens (tertiary/aromatic N) is 1. The number of hydrogen-bond acceptors (Lipinski definition) is 4. The number of carbonyl (C=O) groups excluding carboxylic acids is 1. The van der Waals surface area contributed by atoms with E-state index in [0.29, 0.717) is 0 Å². The number of amidine groups is 1. The summed E-state index contributed by atoms with van der Waals surface area (Å²) in [5, 5.41) is 0. The Bertz CT molecular complexity index is 165. The van der Waals surface area contributed by atoms with Gasteiger partial charge >= 0.3 is 0 Å². The molecule has 4 N–H and O–H groups in total. The minimum Gasteiger partial charge on any atom is -0.463 e. The van der Waals surface area contributed by atoms with Crippen molar-refractivity contribution in [1.82, 2.24) is 0 Å². The standard InChI is InChI=1S/C4H7N3O2/c5-3(8)2-1-9-4(6)7-2/h2H,1H2,(H2,5,8)(H2,6,7). The largest absolute Gasteiger partial charge is 0.463 e. The van der Waals surface area contributed by atoms with Crippen molar-refractivity contribution >= 4 is 11.9 Å². The van der Waals surface area contributed by atoms with Gasteiger partial charge in [-0.15, -0.1) is 0 Å². The summed E-state index contributed by atoms with van der Waals surface area (Å²) >= 11 is 0. The summed E-state index contributed by atoms with van der Waals surface area (Å²) in [5.74, 6) is -0.504. The molecule has 0 bridgehead atoms. The molecule has 0 aromatic carbocycles. The summed E-state index contributed by atoms with van der Waals surface area (Å²) in [6.45, 7) is 0.182. The average Bonchev–Trinajstić information content (AvgIpc) is 2.14. The topological polar surface area (TPSA) is 90.7 Å². The minimum atomic E-state index is -0.579. The molecule has 5 heteroatoms. The van der Waals surface area contributed by atoms with Crippen LogP contribution >= 0.6 is 0 Å². The number of primary amides is 1. The van der Waals surface area contributed by atoms with Crippen molar-refractivity contribution < 1.29 is 9.53 Å². The van der Waals surface area contributed by atoms with Crippen molar-refractivity contribution in [2.45, 2.75) is 6.04 Å². The fourth-order valence-corrected chi connectivity index (χ4v) is 0.538. The zero-order valence-electron chi connectivity index (χ0n) is 4.70. The molecule has 1 atom stereocenters. The van der Waals surface area contributed by atoms with E-state index in [0.717, 1.165) is 0 Å². The number of hydrogen-bond donors (Lipinski definition) is 2. The average molecular weight is 129 g/mol. The van der Waals surface area contributed by atoms with Crippen molar-refractivity contribution in [2.24, 2.45) is 16.5 Å². The Labute approximate surface area is 51.7 Å². The van der Waals surface area contributed by atoms with Crippen molar-refractivity contribution in [1.29, 1.82) is 0 Å². The zero-order valence-corrected chi connectivity index (χ0v) is 4.70. The van der Waals surface area contributed by atoms with Crippen molar-refractivity contribution in [3.8, 4) is 0 Å². The molecule has 0 saturated heterocycles. The molecule has 0 fully saturated rings. The van der Waals surface area contributed by atoms with Crippen molar-refractivity contribution in [3.63, 3.8) is 0 Å². The van der Waals surface area contributed by atoms with Gasteiger partial charge in [-0.25, -0.2) is 4.99 Å². The molecule has 0 spiro atoms. The molecule has 0 aliphatic carbocycles. The molecule has 1 unspecified atom stereocenters. The first kappa shape index (κ1) is 5.87. The van der Waals surface area contributed by atoms with E-state index >= 15 is 0 Å². The highest BCUT2D eigenvalue weighted by atomic mass is 16.5. The Morgan fingerprint density at radius 3 is 2.78 bits per heavy atom. The van der Waals surface area contributed by atoms with E-state index in [9.17, 15) is 4.79 Å². The lowest BCUT2D eigenvalue weighted by atomic mass is 10.3. The lowest BCUT2D eigenvalue weighted by molar-refractivity contribution is -0.119. The SMILES string of the molecule is NC(=O)C1COC(N)=N1. The van der Waals surface area contributed by atoms with E-state index in [1.54, 1.807) is 0 Å². The van der Waals surface area contributed by atoms with Crippen molar-refractivity contribution in [3.05, 3.63) is 0 Å². The summed E-state index contributed by atoms with van der Waals surface area (Å²) in [7, 11) is 0. The van der Waals surface area contributed by atoms with Gasteiger partial charge in [0.05, 0.1) is 0 Å². The Morgan fingerprint density at radius 2 is 2.56 bits per heavy atom. The fourth-order valence-electron chi connectivity index (χ4n) is 0.538. The summed E-state index contributed by atoms with van der Waals surface area (Å²) in [6.07, 6.45) is 0. The summed E-state index contributed by atoms with van der Waals surface area (Å²) in [5.41, 5.74) is 9.96. The molecular weight excluding hydrogens is 122 g/mol. The number of amides is 1. The second kappa shape index (κ2) is 1.93. The third-order valence-corrected chi connectivity index (χ3v) is 1.00. The van der Waals surface area contributed by atoms with E-state index < -0.39 is 11.9 Å². The molecule has 0 aromatic rings. The van der Waals surface area contributed by atoms with Gasteiger partial charge < -0.3 is 16.2 Å². The van der Waals surface area contributed by atoms with E-state index in [-0.39, 0.29) is 12.6 Å². The maximum Gasteiger partial charge on any atom is 0.282 e. The number of ether oxygens (including phenoxy) is 1. The van der Waals surface area contributed by atoms with Gasteiger partial charge in [-0.3, -0.25) is 4.79 Å². The molecule has 50 valence electrons. The molecule has 1 rings (SSSR count). The van der Waals surface area contributed by atoms with E-state index in [4.69, 9.17) is 11.5 Å². The van der Waals surface area contributed by atoms with Gasteiger partial charge in [-0.05, 0) is 0 Å². The number of rotatable bonds is 1. The number of aliphatic imine (C=N–C) groups is 1. The first-order valence-corrected chi connectivity index (χ1v) is 2.45. The van der Waals surface area contributed by atoms with Crippen LogP contribution in [0.25, 0.3) is 0 Å². The van der Waals surface area contributed by atoms with Crippen LogP contribution in [-0.2, 0) is 9.53 Å². The van der Waals surface area contributed by atoms with Crippen LogP contribution in [0.15, 0.2) is 4.99 Å². The lowest BCUT2D eigenvalue weighted by Crippen LogP contribution is -2.27. The van der Waals surface area contributed by atoms with Gasteiger partial charge in [-0.2, -0.15) is 0 Å². The van der Waals surface area contributed by atoms with Crippen LogP contribution in [0.2, 0.25) is 0 Å². The molecule has 0 radical (unpaired) electrons. The highest BCUT2D eigenvalue weighted by Gasteiger charge is 2.21. The first-order chi connectivity index (χ1) is 4.20. The van der Waals surface area contributed by atoms with Crippen LogP contribution in [0.5, 0.6) is 0 Å². The lowest BCUT2D eigenvalue weighted by Gasteiger charge is -1.94. The smallest absolute Gasteiger partial charge is 0.282 e. The predicted octanol–water partition coefficient (Wildman–Crippen LogP) is -1.81. The molecule has 1 aliphatic rings. The molecule has 1 aliphatic heterocycles. The van der Waals surface area contributed by atoms with Crippen LogP contribution in [0.1, 0.15) is 0 Å². The third-order valence-electron chi connectivity index (χ3n) is 1.00. The fraction of sp³-hybridized carbons (Fsp3) is 0.500. The van der Waals surface area contributed by atoms with Crippen LogP contribution in [0.4, 0.5) is 0 Å². The predicted molar refractivity (Wildman–Crippen MR) is 30.6 cm³/mol. The maximum atomic E-state index is 10.3. The summed E-state index contributed by atoms with van der Waals surface area (Å²) in [6, 6.07) is -0.538. The zero-order chi connectivity index (χ0) is 6.85. The van der Waals surface area contributed by atoms with E-state index in [1.807, 2.05) is 0 Å². The van der Waals surface area contributed by atoms with Crippen LogP contribution in [0.3, 0.4) is 0 Å². The number of nitrogens with two attached hydrogens (primary N) is 2. The highest BCUT2D eigenvalue weighted by Crippen LogP contribution is 1.99. The monoisotopic (exact) mass is 129 g/mol. The van der Waals surface area contributed by atoms with Crippen LogP contribution in [0, 0.1) is 0 Å². The molecule has 0 aromatic heterocycles. The van der Waals surface area contributed by atoms with Gasteiger partial charge in [-0.1, -0.05) is 0 Å². The van der Waals surface area contributed by atoms with Crippen molar-refractivity contribution in [2.75, 3.05) is 6.61 Å². The first-order valence-electron chi connectivity index (χ1n) is 2.45. The second-order valence-corrected chi connectivity index (χ2v) is 1.70. The van der Waals surface area contributed by atoms with Gasteiger partial charge in [0.15, 0.2) is 6.04 Å². The summed E-state index contributed by atoms with van der Waals surface area (Å²) < 4.78 is 4.65. The highest BCUT2D eigenvalue weighted by molar-refractivity contribution is 5.85. The minimum absolute atomic E-state index is 0.0406. The molecule has 1 amide bonds. The quantitative estimate of drug-likeness (QED) is 0.437. The second-order valence-electron chi connectivity index (χ2n) is 1.70. The molecular formula is C4H7N3O2. The van der Waals surface area contributed by atoms with Gasteiger partial charge in [0.1, 0.15) is 6.61 Å². The Kier molecular flexibility index (Phi) is 1.26. The van der Waals surface area contributed by atoms with Gasteiger partial charge in [0.2, 0.25) is 5.91 Å². The molecule has 9 heavy (non-hydrogen) atoms. The Morgan fingerprint density at radius 1 is 1.89 bits per heavy atom. The number of carbonyl (C=O) groups is 1. The van der Waals surface area contributed by atoms with Gasteiger partial charge in [0.25, 0.3) is 6.02 Å². The van der Waals surface area contributed by atoms with Gasteiger partial charge in [0, 0.05) is 0 Å².